The Morgan fingerprint density at radius 2 is 2.09 bits per heavy atom. The second kappa shape index (κ2) is 9.23. The molecule has 5 nitrogen and oxygen atoms in total. The van der Waals surface area contributed by atoms with Crippen LogP contribution in [0.4, 0.5) is 0 Å². The van der Waals surface area contributed by atoms with Gasteiger partial charge in [-0.05, 0) is 30.5 Å². The van der Waals surface area contributed by atoms with Gasteiger partial charge in [0.2, 0.25) is 5.91 Å². The van der Waals surface area contributed by atoms with E-state index in [0.29, 0.717) is 44.2 Å². The Morgan fingerprint density at radius 3 is 2.78 bits per heavy atom. The molecule has 0 radical (unpaired) electrons. The summed E-state index contributed by atoms with van der Waals surface area (Å²) >= 11 is 6.12. The summed E-state index contributed by atoms with van der Waals surface area (Å²) in [6.07, 6.45) is 1.35. The molecule has 0 aromatic heterocycles. The molecule has 1 aromatic carbocycles. The lowest BCUT2D eigenvalue weighted by atomic mass is 9.73. The van der Waals surface area contributed by atoms with Crippen molar-refractivity contribution in [1.82, 2.24) is 10.6 Å². The summed E-state index contributed by atoms with van der Waals surface area (Å²) in [5.41, 5.74) is 0.425. The van der Waals surface area contributed by atoms with Gasteiger partial charge in [-0.1, -0.05) is 23.7 Å². The van der Waals surface area contributed by atoms with Crippen molar-refractivity contribution in [2.45, 2.75) is 18.3 Å². The predicted octanol–water partition coefficient (Wildman–Crippen LogP) is 1.74. The van der Waals surface area contributed by atoms with E-state index in [1.807, 2.05) is 24.3 Å². The van der Waals surface area contributed by atoms with Gasteiger partial charge in [-0.2, -0.15) is 0 Å². The molecular weight excluding hydrogens is 316 g/mol. The number of hydrogen-bond acceptors (Lipinski definition) is 4. The van der Waals surface area contributed by atoms with Crippen LogP contribution >= 0.6 is 11.6 Å². The Balaban J connectivity index is 1.99. The van der Waals surface area contributed by atoms with Crippen LogP contribution in [0, 0.1) is 0 Å². The summed E-state index contributed by atoms with van der Waals surface area (Å²) < 4.78 is 10.4. The largest absolute Gasteiger partial charge is 0.383 e. The molecule has 1 aliphatic heterocycles. The second-order valence-corrected chi connectivity index (χ2v) is 6.14. The van der Waals surface area contributed by atoms with Gasteiger partial charge in [0.25, 0.3) is 0 Å². The van der Waals surface area contributed by atoms with Crippen molar-refractivity contribution in [2.75, 3.05) is 46.6 Å². The van der Waals surface area contributed by atoms with Crippen molar-refractivity contribution in [2.24, 2.45) is 0 Å². The molecule has 1 amide bonds. The number of benzene rings is 1. The summed E-state index contributed by atoms with van der Waals surface area (Å²) in [6.45, 7) is 3.93. The number of hydrogen-bond donors (Lipinski definition) is 2. The topological polar surface area (TPSA) is 59.6 Å². The smallest absolute Gasteiger partial charge is 0.230 e. The number of nitrogens with one attached hydrogen (secondary N) is 2. The lowest BCUT2D eigenvalue weighted by Crippen LogP contribution is -2.49. The maximum atomic E-state index is 12.9. The van der Waals surface area contributed by atoms with E-state index in [9.17, 15) is 4.79 Å². The van der Waals surface area contributed by atoms with Crippen LogP contribution in [0.1, 0.15) is 18.4 Å². The van der Waals surface area contributed by atoms with Crippen LogP contribution in [-0.2, 0) is 19.7 Å². The first kappa shape index (κ1) is 18.2. The Hall–Kier alpha value is -1.14. The van der Waals surface area contributed by atoms with Crippen LogP contribution in [0.2, 0.25) is 5.02 Å². The van der Waals surface area contributed by atoms with E-state index in [1.54, 1.807) is 7.11 Å². The van der Waals surface area contributed by atoms with Crippen LogP contribution in [0.15, 0.2) is 24.3 Å². The van der Waals surface area contributed by atoms with Crippen LogP contribution in [-0.4, -0.2) is 52.5 Å². The zero-order valence-electron chi connectivity index (χ0n) is 13.6. The van der Waals surface area contributed by atoms with Crippen molar-refractivity contribution in [3.05, 3.63) is 34.9 Å². The Morgan fingerprint density at radius 1 is 1.30 bits per heavy atom. The Labute approximate surface area is 142 Å². The number of halogens is 1. The number of carbonyl (C=O) groups excluding carboxylic acids is 1. The van der Waals surface area contributed by atoms with Gasteiger partial charge >= 0.3 is 0 Å². The van der Waals surface area contributed by atoms with E-state index in [4.69, 9.17) is 21.1 Å². The minimum Gasteiger partial charge on any atom is -0.383 e. The summed E-state index contributed by atoms with van der Waals surface area (Å²) in [7, 11) is 1.67. The quantitative estimate of drug-likeness (QED) is 0.708. The molecule has 0 bridgehead atoms. The third-order valence-electron chi connectivity index (χ3n) is 4.23. The van der Waals surface area contributed by atoms with Gasteiger partial charge in [0.05, 0.1) is 12.0 Å². The molecular formula is C17H25ClN2O3. The second-order valence-electron chi connectivity index (χ2n) is 5.70. The maximum absolute atomic E-state index is 12.9. The first-order valence-electron chi connectivity index (χ1n) is 8.01. The number of carbonyl (C=O) groups is 1. The molecule has 23 heavy (non-hydrogen) atoms. The van der Waals surface area contributed by atoms with E-state index in [1.165, 1.54) is 0 Å². The molecule has 0 unspecified atom stereocenters. The zero-order chi connectivity index (χ0) is 16.5. The highest BCUT2D eigenvalue weighted by atomic mass is 35.5. The number of rotatable bonds is 8. The maximum Gasteiger partial charge on any atom is 0.230 e. The van der Waals surface area contributed by atoms with Crippen molar-refractivity contribution in [1.29, 1.82) is 0 Å². The van der Waals surface area contributed by atoms with E-state index >= 15 is 0 Å². The van der Waals surface area contributed by atoms with Crippen molar-refractivity contribution in [3.8, 4) is 0 Å². The van der Waals surface area contributed by atoms with E-state index in [0.717, 1.165) is 18.7 Å². The first-order chi connectivity index (χ1) is 11.2. The van der Waals surface area contributed by atoms with Crippen LogP contribution in [0.25, 0.3) is 0 Å². The van der Waals surface area contributed by atoms with E-state index in [2.05, 4.69) is 10.6 Å². The Kier molecular flexibility index (Phi) is 7.30. The van der Waals surface area contributed by atoms with Gasteiger partial charge < -0.3 is 20.1 Å². The fraction of sp³-hybridized carbons (Fsp3) is 0.588. The standard InChI is InChI=1S/C17H25ClN2O3/c1-22-12-9-19-7-8-20-16(21)17(5-10-23-11-6-17)14-3-2-4-15(18)13-14/h2-4,13,19H,5-12H2,1H3,(H,20,21). The summed E-state index contributed by atoms with van der Waals surface area (Å²) in [6, 6.07) is 7.60. The van der Waals surface area contributed by atoms with Gasteiger partial charge in [-0.3, -0.25) is 4.79 Å². The minimum absolute atomic E-state index is 0.0524. The monoisotopic (exact) mass is 340 g/mol. The predicted molar refractivity (Wildman–Crippen MR) is 90.9 cm³/mol. The fourth-order valence-electron chi connectivity index (χ4n) is 2.89. The van der Waals surface area contributed by atoms with Crippen LogP contribution in [0.3, 0.4) is 0 Å². The lowest BCUT2D eigenvalue weighted by molar-refractivity contribution is -0.130. The molecule has 2 rings (SSSR count). The van der Waals surface area contributed by atoms with Gasteiger partial charge in [0.1, 0.15) is 0 Å². The summed E-state index contributed by atoms with van der Waals surface area (Å²) in [4.78, 5) is 12.9. The van der Waals surface area contributed by atoms with E-state index < -0.39 is 5.41 Å². The molecule has 0 spiro atoms. The Bertz CT molecular complexity index is 504. The highest BCUT2D eigenvalue weighted by Gasteiger charge is 2.41. The van der Waals surface area contributed by atoms with Gasteiger partial charge in [0.15, 0.2) is 0 Å². The molecule has 1 saturated heterocycles. The molecule has 0 atom stereocenters. The average molecular weight is 341 g/mol. The SMILES string of the molecule is COCCNCCNC(=O)C1(c2cccc(Cl)c2)CCOCC1. The molecule has 0 aliphatic carbocycles. The number of amides is 1. The third kappa shape index (κ3) is 4.91. The molecule has 1 fully saturated rings. The average Bonchev–Trinajstić information content (AvgIpc) is 2.58. The van der Waals surface area contributed by atoms with Gasteiger partial charge in [0, 0.05) is 45.0 Å². The van der Waals surface area contributed by atoms with Crippen molar-refractivity contribution < 1.29 is 14.3 Å². The van der Waals surface area contributed by atoms with Crippen molar-refractivity contribution >= 4 is 17.5 Å². The van der Waals surface area contributed by atoms with Crippen LogP contribution < -0.4 is 10.6 Å². The minimum atomic E-state index is -0.546. The number of ether oxygens (including phenoxy) is 2. The molecule has 128 valence electrons. The fourth-order valence-corrected chi connectivity index (χ4v) is 3.08. The molecule has 1 aromatic rings. The zero-order valence-corrected chi connectivity index (χ0v) is 14.3. The van der Waals surface area contributed by atoms with Crippen LogP contribution in [0.5, 0.6) is 0 Å². The molecule has 2 N–H and O–H groups in total. The van der Waals surface area contributed by atoms with Gasteiger partial charge in [-0.15, -0.1) is 0 Å². The third-order valence-corrected chi connectivity index (χ3v) is 4.46. The summed E-state index contributed by atoms with van der Waals surface area (Å²) in [5.74, 6) is 0.0524. The van der Waals surface area contributed by atoms with Crippen molar-refractivity contribution in [3.63, 3.8) is 0 Å². The summed E-state index contributed by atoms with van der Waals surface area (Å²) in [5, 5.41) is 6.92. The molecule has 1 aliphatic rings. The highest BCUT2D eigenvalue weighted by molar-refractivity contribution is 6.30. The van der Waals surface area contributed by atoms with Gasteiger partial charge in [-0.25, -0.2) is 0 Å². The lowest BCUT2D eigenvalue weighted by Gasteiger charge is -2.36. The molecule has 6 heteroatoms. The van der Waals surface area contributed by atoms with E-state index in [-0.39, 0.29) is 5.91 Å². The number of methoxy groups -OCH3 is 1. The first-order valence-corrected chi connectivity index (χ1v) is 8.38. The normalized spacial score (nSPS) is 17.0. The molecule has 0 saturated carbocycles. The highest BCUT2D eigenvalue weighted by Crippen LogP contribution is 2.36. The molecule has 1 heterocycles.